The van der Waals surface area contributed by atoms with Gasteiger partial charge in [0.05, 0.1) is 23.9 Å². The summed E-state index contributed by atoms with van der Waals surface area (Å²) >= 11 is 1.55. The standard InChI is InChI=1S/C9H7N3S/c10-4-3-7-6-13-9(12-7)8-2-1-5-11-8/h1-2,5-6,11H,3H2. The lowest BCUT2D eigenvalue weighted by molar-refractivity contribution is 1.15. The summed E-state index contributed by atoms with van der Waals surface area (Å²) < 4.78 is 0. The van der Waals surface area contributed by atoms with Gasteiger partial charge < -0.3 is 4.98 Å². The van der Waals surface area contributed by atoms with E-state index >= 15 is 0 Å². The average molecular weight is 189 g/mol. The molecule has 0 fully saturated rings. The summed E-state index contributed by atoms with van der Waals surface area (Å²) in [6, 6.07) is 5.98. The third kappa shape index (κ3) is 1.60. The van der Waals surface area contributed by atoms with Gasteiger partial charge in [-0.05, 0) is 12.1 Å². The molecule has 13 heavy (non-hydrogen) atoms. The lowest BCUT2D eigenvalue weighted by atomic mass is 10.4. The Morgan fingerprint density at radius 1 is 1.62 bits per heavy atom. The average Bonchev–Trinajstić information content (AvgIpc) is 2.70. The molecule has 0 unspecified atom stereocenters. The maximum absolute atomic E-state index is 8.47. The highest BCUT2D eigenvalue weighted by Crippen LogP contribution is 2.21. The summed E-state index contributed by atoms with van der Waals surface area (Å²) in [6.45, 7) is 0. The Bertz CT molecular complexity index is 422. The monoisotopic (exact) mass is 189 g/mol. The van der Waals surface area contributed by atoms with E-state index in [9.17, 15) is 0 Å². The molecule has 2 aromatic heterocycles. The van der Waals surface area contributed by atoms with Crippen molar-refractivity contribution in [2.24, 2.45) is 0 Å². The second kappa shape index (κ2) is 3.42. The molecule has 0 saturated heterocycles. The van der Waals surface area contributed by atoms with Crippen LogP contribution in [0.5, 0.6) is 0 Å². The summed E-state index contributed by atoms with van der Waals surface area (Å²) in [7, 11) is 0. The SMILES string of the molecule is N#CCc1csc(-c2ccc[nH]2)n1. The molecular weight excluding hydrogens is 182 g/mol. The number of thiazole rings is 1. The minimum Gasteiger partial charge on any atom is -0.359 e. The Balaban J connectivity index is 2.29. The van der Waals surface area contributed by atoms with Crippen molar-refractivity contribution in [3.05, 3.63) is 29.4 Å². The number of aromatic nitrogens is 2. The van der Waals surface area contributed by atoms with Gasteiger partial charge in [0.25, 0.3) is 0 Å². The number of nitrogens with one attached hydrogen (secondary N) is 1. The number of rotatable bonds is 2. The minimum absolute atomic E-state index is 0.386. The molecule has 0 aliphatic heterocycles. The van der Waals surface area contributed by atoms with Crippen molar-refractivity contribution >= 4 is 11.3 Å². The first-order valence-electron chi connectivity index (χ1n) is 3.85. The summed E-state index contributed by atoms with van der Waals surface area (Å²) in [5.74, 6) is 0. The predicted molar refractivity (Wildman–Crippen MR) is 51.2 cm³/mol. The Kier molecular flexibility index (Phi) is 2.11. The van der Waals surface area contributed by atoms with E-state index in [4.69, 9.17) is 5.26 Å². The molecule has 64 valence electrons. The molecule has 0 atom stereocenters. The molecule has 0 spiro atoms. The molecule has 0 aliphatic rings. The van der Waals surface area contributed by atoms with Crippen LogP contribution >= 0.6 is 11.3 Å². The van der Waals surface area contributed by atoms with E-state index in [1.165, 1.54) is 0 Å². The second-order valence-electron chi connectivity index (χ2n) is 2.56. The predicted octanol–water partition coefficient (Wildman–Crippen LogP) is 2.20. The van der Waals surface area contributed by atoms with Crippen LogP contribution in [0.3, 0.4) is 0 Å². The van der Waals surface area contributed by atoms with Gasteiger partial charge in [-0.2, -0.15) is 5.26 Å². The summed E-state index contributed by atoms with van der Waals surface area (Å²) in [4.78, 5) is 7.38. The van der Waals surface area contributed by atoms with E-state index in [0.717, 1.165) is 16.4 Å². The quantitative estimate of drug-likeness (QED) is 0.787. The van der Waals surface area contributed by atoms with Crippen LogP contribution in [0.15, 0.2) is 23.7 Å². The zero-order valence-electron chi connectivity index (χ0n) is 6.82. The lowest BCUT2D eigenvalue weighted by Gasteiger charge is -1.87. The zero-order chi connectivity index (χ0) is 9.10. The van der Waals surface area contributed by atoms with Gasteiger partial charge in [-0.25, -0.2) is 4.98 Å². The van der Waals surface area contributed by atoms with Gasteiger partial charge in [-0.3, -0.25) is 0 Å². The largest absolute Gasteiger partial charge is 0.359 e. The fourth-order valence-corrected chi connectivity index (χ4v) is 1.86. The molecule has 0 saturated carbocycles. The molecule has 0 radical (unpaired) electrons. The van der Waals surface area contributed by atoms with E-state index in [2.05, 4.69) is 16.0 Å². The van der Waals surface area contributed by atoms with Crippen LogP contribution in [0.2, 0.25) is 0 Å². The highest BCUT2D eigenvalue weighted by molar-refractivity contribution is 7.13. The van der Waals surface area contributed by atoms with E-state index in [1.54, 1.807) is 11.3 Å². The number of H-pyrrole nitrogens is 1. The fourth-order valence-electron chi connectivity index (χ4n) is 1.06. The molecular formula is C9H7N3S. The minimum atomic E-state index is 0.386. The van der Waals surface area contributed by atoms with Gasteiger partial charge in [-0.15, -0.1) is 11.3 Å². The van der Waals surface area contributed by atoms with E-state index in [0.29, 0.717) is 6.42 Å². The van der Waals surface area contributed by atoms with E-state index in [1.807, 2.05) is 23.7 Å². The normalized spacial score (nSPS) is 9.77. The topological polar surface area (TPSA) is 52.5 Å². The van der Waals surface area contributed by atoms with E-state index < -0.39 is 0 Å². The van der Waals surface area contributed by atoms with Gasteiger partial charge in [0, 0.05) is 11.6 Å². The van der Waals surface area contributed by atoms with Gasteiger partial charge >= 0.3 is 0 Å². The van der Waals surface area contributed by atoms with Crippen molar-refractivity contribution in [1.29, 1.82) is 5.26 Å². The molecule has 2 heterocycles. The summed E-state index contributed by atoms with van der Waals surface area (Å²) in [5, 5.41) is 11.3. The molecule has 2 rings (SSSR count). The van der Waals surface area contributed by atoms with Crippen molar-refractivity contribution in [3.8, 4) is 16.8 Å². The van der Waals surface area contributed by atoms with Gasteiger partial charge in [-0.1, -0.05) is 0 Å². The third-order valence-corrected chi connectivity index (χ3v) is 2.56. The van der Waals surface area contributed by atoms with Crippen LogP contribution in [0.4, 0.5) is 0 Å². The maximum Gasteiger partial charge on any atom is 0.139 e. The van der Waals surface area contributed by atoms with Crippen LogP contribution in [0.25, 0.3) is 10.7 Å². The number of nitrogens with zero attached hydrogens (tertiary/aromatic N) is 2. The molecule has 2 aromatic rings. The highest BCUT2D eigenvalue weighted by Gasteiger charge is 2.03. The molecule has 0 amide bonds. The summed E-state index contributed by atoms with van der Waals surface area (Å²) in [5.41, 5.74) is 1.85. The maximum atomic E-state index is 8.47. The zero-order valence-corrected chi connectivity index (χ0v) is 7.64. The van der Waals surface area contributed by atoms with Gasteiger partial charge in [0.2, 0.25) is 0 Å². The fraction of sp³-hybridized carbons (Fsp3) is 0.111. The Labute approximate surface area is 79.7 Å². The van der Waals surface area contributed by atoms with Crippen LogP contribution in [-0.2, 0) is 6.42 Å². The van der Waals surface area contributed by atoms with Crippen molar-refractivity contribution in [2.75, 3.05) is 0 Å². The third-order valence-electron chi connectivity index (χ3n) is 1.64. The number of hydrogen-bond acceptors (Lipinski definition) is 3. The van der Waals surface area contributed by atoms with Crippen molar-refractivity contribution in [1.82, 2.24) is 9.97 Å². The summed E-state index contributed by atoms with van der Waals surface area (Å²) in [6.07, 6.45) is 2.25. The van der Waals surface area contributed by atoms with Crippen LogP contribution in [-0.4, -0.2) is 9.97 Å². The van der Waals surface area contributed by atoms with Crippen molar-refractivity contribution in [3.63, 3.8) is 0 Å². The molecule has 0 bridgehead atoms. The first kappa shape index (κ1) is 8.02. The highest BCUT2D eigenvalue weighted by atomic mass is 32.1. The van der Waals surface area contributed by atoms with Gasteiger partial charge in [0.15, 0.2) is 0 Å². The molecule has 3 nitrogen and oxygen atoms in total. The van der Waals surface area contributed by atoms with Crippen LogP contribution < -0.4 is 0 Å². The van der Waals surface area contributed by atoms with Crippen molar-refractivity contribution < 1.29 is 0 Å². The second-order valence-corrected chi connectivity index (χ2v) is 3.42. The van der Waals surface area contributed by atoms with Crippen molar-refractivity contribution in [2.45, 2.75) is 6.42 Å². The molecule has 0 aliphatic carbocycles. The Morgan fingerprint density at radius 3 is 3.23 bits per heavy atom. The van der Waals surface area contributed by atoms with Crippen LogP contribution in [0, 0.1) is 11.3 Å². The smallest absolute Gasteiger partial charge is 0.139 e. The Hall–Kier alpha value is -1.60. The number of nitriles is 1. The van der Waals surface area contributed by atoms with E-state index in [-0.39, 0.29) is 0 Å². The molecule has 1 N–H and O–H groups in total. The first-order valence-corrected chi connectivity index (χ1v) is 4.73. The van der Waals surface area contributed by atoms with Gasteiger partial charge in [0.1, 0.15) is 5.01 Å². The molecule has 0 aromatic carbocycles. The first-order chi connectivity index (χ1) is 6.40. The number of aromatic amines is 1. The van der Waals surface area contributed by atoms with Crippen LogP contribution in [0.1, 0.15) is 5.69 Å². The lowest BCUT2D eigenvalue weighted by Crippen LogP contribution is -1.81. The molecule has 4 heteroatoms. The Morgan fingerprint density at radius 2 is 2.54 bits per heavy atom. The number of hydrogen-bond donors (Lipinski definition) is 1.